The highest BCUT2D eigenvalue weighted by molar-refractivity contribution is 6.31. The number of nitrogens with zero attached hydrogens (tertiary/aromatic N) is 2. The number of carbonyl (C=O) groups is 2. The van der Waals surface area contributed by atoms with Crippen molar-refractivity contribution in [3.8, 4) is 5.69 Å². The monoisotopic (exact) mass is 421 g/mol. The second kappa shape index (κ2) is 7.73. The minimum absolute atomic E-state index is 0.0904. The Kier molecular flexibility index (Phi) is 5.24. The number of fused-ring (bicyclic) bond motifs is 1. The van der Waals surface area contributed by atoms with Gasteiger partial charge in [-0.3, -0.25) is 9.59 Å². The van der Waals surface area contributed by atoms with Crippen molar-refractivity contribution in [2.75, 3.05) is 0 Å². The second-order valence-electron chi connectivity index (χ2n) is 8.58. The van der Waals surface area contributed by atoms with Crippen LogP contribution in [0.2, 0.25) is 5.02 Å². The predicted molar refractivity (Wildman–Crippen MR) is 117 cm³/mol. The van der Waals surface area contributed by atoms with Crippen molar-refractivity contribution >= 4 is 23.3 Å². The van der Waals surface area contributed by atoms with Crippen LogP contribution >= 0.6 is 11.6 Å². The number of benzene rings is 2. The summed E-state index contributed by atoms with van der Waals surface area (Å²) in [4.78, 5) is 25.1. The Hall–Kier alpha value is -2.92. The molecule has 0 saturated heterocycles. The van der Waals surface area contributed by atoms with E-state index in [2.05, 4.69) is 24.3 Å². The lowest BCUT2D eigenvalue weighted by molar-refractivity contribution is 0.0908. The molecule has 0 radical (unpaired) electrons. The number of halogens is 1. The van der Waals surface area contributed by atoms with E-state index in [4.69, 9.17) is 11.6 Å². The van der Waals surface area contributed by atoms with Crippen LogP contribution in [0.25, 0.3) is 5.69 Å². The lowest BCUT2D eigenvalue weighted by Crippen LogP contribution is -2.28. The highest BCUT2D eigenvalue weighted by atomic mass is 35.5. The summed E-state index contributed by atoms with van der Waals surface area (Å²) in [7, 11) is 0. The third-order valence-corrected chi connectivity index (χ3v) is 5.86. The summed E-state index contributed by atoms with van der Waals surface area (Å²) in [5, 5.41) is 8.14. The maximum atomic E-state index is 12.6. The van der Waals surface area contributed by atoms with Gasteiger partial charge >= 0.3 is 0 Å². The predicted octanol–water partition coefficient (Wildman–Crippen LogP) is 4.92. The summed E-state index contributed by atoms with van der Waals surface area (Å²) in [6, 6.07) is 14.7. The Balaban J connectivity index is 1.55. The minimum atomic E-state index is -0.170. The first kappa shape index (κ1) is 20.4. The molecular weight excluding hydrogens is 398 g/mol. The first-order valence-corrected chi connectivity index (χ1v) is 10.4. The van der Waals surface area contributed by atoms with E-state index in [1.807, 2.05) is 41.9 Å². The first-order valence-electron chi connectivity index (χ1n) is 9.99. The van der Waals surface area contributed by atoms with Gasteiger partial charge in [-0.2, -0.15) is 5.10 Å². The lowest BCUT2D eigenvalue weighted by atomic mass is 9.75. The minimum Gasteiger partial charge on any atom is -0.348 e. The molecule has 0 atom stereocenters. The van der Waals surface area contributed by atoms with Gasteiger partial charge in [-0.15, -0.1) is 0 Å². The number of amides is 1. The van der Waals surface area contributed by atoms with Crippen LogP contribution < -0.4 is 5.32 Å². The van der Waals surface area contributed by atoms with Crippen LogP contribution in [-0.2, 0) is 13.0 Å². The Morgan fingerprint density at radius 2 is 1.83 bits per heavy atom. The Labute approximate surface area is 181 Å². The molecule has 1 aromatic heterocycles. The first-order chi connectivity index (χ1) is 14.2. The highest BCUT2D eigenvalue weighted by Crippen LogP contribution is 2.36. The SMILES string of the molecule is Cc1nn(-c2ccc(C(=O)NCc3ccccc3Cl)cc2)c2c1C(=O)CC(C)(C)C2. The highest BCUT2D eigenvalue weighted by Gasteiger charge is 2.35. The fraction of sp³-hybridized carbons (Fsp3) is 0.292. The molecule has 0 aliphatic heterocycles. The van der Waals surface area contributed by atoms with Gasteiger partial charge in [0.05, 0.1) is 22.6 Å². The van der Waals surface area contributed by atoms with Crippen LogP contribution in [0, 0.1) is 12.3 Å². The van der Waals surface area contributed by atoms with Gasteiger partial charge < -0.3 is 5.32 Å². The molecule has 30 heavy (non-hydrogen) atoms. The average Bonchev–Trinajstić information content (AvgIpc) is 3.02. The topological polar surface area (TPSA) is 64.0 Å². The maximum Gasteiger partial charge on any atom is 0.251 e. The smallest absolute Gasteiger partial charge is 0.251 e. The summed E-state index contributed by atoms with van der Waals surface area (Å²) in [5.74, 6) is -0.0166. The van der Waals surface area contributed by atoms with Gasteiger partial charge in [-0.1, -0.05) is 43.6 Å². The maximum absolute atomic E-state index is 12.6. The molecule has 4 rings (SSSR count). The third kappa shape index (κ3) is 3.90. The zero-order valence-electron chi connectivity index (χ0n) is 17.3. The molecule has 0 bridgehead atoms. The molecule has 1 amide bonds. The molecule has 0 saturated carbocycles. The van der Waals surface area contributed by atoms with E-state index in [1.54, 1.807) is 18.2 Å². The van der Waals surface area contributed by atoms with Gasteiger partial charge in [0, 0.05) is 23.6 Å². The Morgan fingerprint density at radius 1 is 1.13 bits per heavy atom. The van der Waals surface area contributed by atoms with Crippen molar-refractivity contribution in [1.82, 2.24) is 15.1 Å². The standard InChI is InChI=1S/C24H24ClN3O2/c1-15-22-20(12-24(2,3)13-21(22)29)28(27-15)18-10-8-16(9-11-18)23(30)26-14-17-6-4-5-7-19(17)25/h4-11H,12-14H2,1-3H3,(H,26,30). The van der Waals surface area contributed by atoms with Crippen molar-refractivity contribution in [3.05, 3.63) is 81.6 Å². The van der Waals surface area contributed by atoms with Crippen molar-refractivity contribution in [1.29, 1.82) is 0 Å². The summed E-state index contributed by atoms with van der Waals surface area (Å²) in [6.45, 7) is 6.45. The van der Waals surface area contributed by atoms with E-state index in [-0.39, 0.29) is 17.1 Å². The largest absolute Gasteiger partial charge is 0.348 e. The van der Waals surface area contributed by atoms with Gasteiger partial charge in [0.1, 0.15) is 0 Å². The molecule has 0 spiro atoms. The summed E-state index contributed by atoms with van der Waals surface area (Å²) >= 11 is 6.15. The fourth-order valence-electron chi connectivity index (χ4n) is 4.03. The molecule has 2 aromatic carbocycles. The van der Waals surface area contributed by atoms with Crippen molar-refractivity contribution in [2.45, 2.75) is 40.2 Å². The molecule has 0 unspecified atom stereocenters. The van der Waals surface area contributed by atoms with Crippen LogP contribution in [0.15, 0.2) is 48.5 Å². The van der Waals surface area contributed by atoms with E-state index in [1.165, 1.54) is 0 Å². The molecular formula is C24H24ClN3O2. The van der Waals surface area contributed by atoms with Gasteiger partial charge in [0.25, 0.3) is 5.91 Å². The summed E-state index contributed by atoms with van der Waals surface area (Å²) in [6.07, 6.45) is 1.33. The summed E-state index contributed by atoms with van der Waals surface area (Å²) in [5.41, 5.74) is 4.63. The van der Waals surface area contributed by atoms with E-state index in [9.17, 15) is 9.59 Å². The molecule has 0 fully saturated rings. The normalized spacial score (nSPS) is 15.0. The number of hydrogen-bond acceptors (Lipinski definition) is 3. The molecule has 154 valence electrons. The molecule has 6 heteroatoms. The number of aryl methyl sites for hydroxylation is 1. The molecule has 1 N–H and O–H groups in total. The second-order valence-corrected chi connectivity index (χ2v) is 8.99. The molecule has 3 aromatic rings. The zero-order chi connectivity index (χ0) is 21.5. The zero-order valence-corrected chi connectivity index (χ0v) is 18.1. The number of carbonyl (C=O) groups excluding carboxylic acids is 2. The van der Waals surface area contributed by atoms with Gasteiger partial charge in [-0.25, -0.2) is 4.68 Å². The lowest BCUT2D eigenvalue weighted by Gasteiger charge is -2.29. The Morgan fingerprint density at radius 3 is 2.53 bits per heavy atom. The fourth-order valence-corrected chi connectivity index (χ4v) is 4.23. The molecule has 5 nitrogen and oxygen atoms in total. The summed E-state index contributed by atoms with van der Waals surface area (Å²) < 4.78 is 1.84. The Bertz CT molecular complexity index is 1130. The third-order valence-electron chi connectivity index (χ3n) is 5.49. The number of Topliss-reactive ketones (excluding diaryl/α,β-unsaturated/α-hetero) is 1. The van der Waals surface area contributed by atoms with Gasteiger partial charge in [-0.05, 0) is 54.7 Å². The van der Waals surface area contributed by atoms with Crippen LogP contribution in [0.5, 0.6) is 0 Å². The quantitative estimate of drug-likeness (QED) is 0.650. The van der Waals surface area contributed by atoms with Gasteiger partial charge in [0.15, 0.2) is 5.78 Å². The number of nitrogens with one attached hydrogen (secondary N) is 1. The van der Waals surface area contributed by atoms with Crippen LogP contribution in [-0.4, -0.2) is 21.5 Å². The van der Waals surface area contributed by atoms with Crippen molar-refractivity contribution in [2.24, 2.45) is 5.41 Å². The van der Waals surface area contributed by atoms with Crippen LogP contribution in [0.3, 0.4) is 0 Å². The average molecular weight is 422 g/mol. The number of hydrogen-bond donors (Lipinski definition) is 1. The van der Waals surface area contributed by atoms with E-state index >= 15 is 0 Å². The van der Waals surface area contributed by atoms with Gasteiger partial charge in [0.2, 0.25) is 0 Å². The van der Waals surface area contributed by atoms with Crippen LogP contribution in [0.1, 0.15) is 57.9 Å². The van der Waals surface area contributed by atoms with Crippen molar-refractivity contribution < 1.29 is 9.59 Å². The van der Waals surface area contributed by atoms with Crippen LogP contribution in [0.4, 0.5) is 0 Å². The molecule has 1 heterocycles. The number of aromatic nitrogens is 2. The molecule has 1 aliphatic rings. The van der Waals surface area contributed by atoms with E-state index in [0.29, 0.717) is 23.6 Å². The number of ketones is 1. The van der Waals surface area contributed by atoms with E-state index < -0.39 is 0 Å². The number of rotatable bonds is 4. The van der Waals surface area contributed by atoms with Crippen molar-refractivity contribution in [3.63, 3.8) is 0 Å². The van der Waals surface area contributed by atoms with E-state index in [0.717, 1.165) is 34.6 Å². The molecule has 1 aliphatic carbocycles.